The van der Waals surface area contributed by atoms with Gasteiger partial charge in [-0.15, -0.1) is 0 Å². The summed E-state index contributed by atoms with van der Waals surface area (Å²) in [6.45, 7) is -0.332. The van der Waals surface area contributed by atoms with E-state index in [9.17, 15) is 18.3 Å². The maximum atomic E-state index is 13.2. The molecule has 0 aliphatic heterocycles. The van der Waals surface area contributed by atoms with E-state index in [1.807, 2.05) is 0 Å². The second-order valence-corrected chi connectivity index (χ2v) is 4.97. The lowest BCUT2D eigenvalue weighted by Gasteiger charge is -2.16. The topological polar surface area (TPSA) is 20.2 Å². The Hall–Kier alpha value is -1.33. The minimum absolute atomic E-state index is 0.236. The summed E-state index contributed by atoms with van der Waals surface area (Å²) >= 11 is 3.04. The standard InChI is InChI=1S/C14H10BrF3O/c15-13-5-8(1-2-14(13)18)12(7-19)9-3-10(16)6-11(17)4-9/h1-6,12,19H,7H2. The maximum Gasteiger partial charge on any atom is 0.137 e. The number of halogens is 4. The summed E-state index contributed by atoms with van der Waals surface area (Å²) in [5.74, 6) is -2.47. The molecule has 2 aromatic carbocycles. The number of hydrogen-bond donors (Lipinski definition) is 1. The molecule has 1 unspecified atom stereocenters. The molecule has 1 nitrogen and oxygen atoms in total. The van der Waals surface area contributed by atoms with Crippen molar-refractivity contribution in [3.8, 4) is 0 Å². The molecule has 2 rings (SSSR count). The molecule has 0 fully saturated rings. The molecule has 0 saturated carbocycles. The minimum Gasteiger partial charge on any atom is -0.395 e. The third kappa shape index (κ3) is 3.16. The van der Waals surface area contributed by atoms with Crippen LogP contribution in [-0.4, -0.2) is 11.7 Å². The van der Waals surface area contributed by atoms with E-state index >= 15 is 0 Å². The Labute approximate surface area is 116 Å². The minimum atomic E-state index is -0.713. The first kappa shape index (κ1) is 14.1. The van der Waals surface area contributed by atoms with Crippen LogP contribution in [0.4, 0.5) is 13.2 Å². The van der Waals surface area contributed by atoms with Crippen LogP contribution < -0.4 is 0 Å². The Kier molecular flexibility index (Phi) is 4.27. The largest absolute Gasteiger partial charge is 0.395 e. The van der Waals surface area contributed by atoms with Gasteiger partial charge in [0.25, 0.3) is 0 Å². The first-order chi connectivity index (χ1) is 9.01. The Morgan fingerprint density at radius 3 is 2.11 bits per heavy atom. The molecule has 2 aromatic rings. The fourth-order valence-electron chi connectivity index (χ4n) is 1.91. The van der Waals surface area contributed by atoms with E-state index in [2.05, 4.69) is 15.9 Å². The first-order valence-corrected chi connectivity index (χ1v) is 6.32. The average molecular weight is 331 g/mol. The van der Waals surface area contributed by atoms with Crippen LogP contribution in [0.25, 0.3) is 0 Å². The molecule has 0 amide bonds. The summed E-state index contributed by atoms with van der Waals surface area (Å²) < 4.78 is 39.8. The van der Waals surface area contributed by atoms with Gasteiger partial charge < -0.3 is 5.11 Å². The van der Waals surface area contributed by atoms with E-state index in [1.54, 1.807) is 0 Å². The zero-order valence-electron chi connectivity index (χ0n) is 9.71. The van der Waals surface area contributed by atoms with Crippen LogP contribution in [-0.2, 0) is 0 Å². The number of rotatable bonds is 3. The van der Waals surface area contributed by atoms with Crippen molar-refractivity contribution in [1.82, 2.24) is 0 Å². The van der Waals surface area contributed by atoms with Gasteiger partial charge in [-0.05, 0) is 51.3 Å². The van der Waals surface area contributed by atoms with Crippen LogP contribution >= 0.6 is 15.9 Å². The maximum absolute atomic E-state index is 13.2. The second-order valence-electron chi connectivity index (χ2n) is 4.11. The number of aliphatic hydroxyl groups excluding tert-OH is 1. The fraction of sp³-hybridized carbons (Fsp3) is 0.143. The predicted molar refractivity (Wildman–Crippen MR) is 69.4 cm³/mol. The first-order valence-electron chi connectivity index (χ1n) is 5.53. The summed E-state index contributed by atoms with van der Waals surface area (Å²) in [7, 11) is 0. The molecule has 19 heavy (non-hydrogen) atoms. The third-order valence-corrected chi connectivity index (χ3v) is 3.42. The molecule has 0 aliphatic rings. The highest BCUT2D eigenvalue weighted by Gasteiger charge is 2.16. The van der Waals surface area contributed by atoms with Crippen LogP contribution in [0, 0.1) is 17.5 Å². The zero-order chi connectivity index (χ0) is 14.0. The molecule has 5 heteroatoms. The van der Waals surface area contributed by atoms with Crippen molar-refractivity contribution >= 4 is 15.9 Å². The van der Waals surface area contributed by atoms with Gasteiger partial charge in [0.05, 0.1) is 11.1 Å². The van der Waals surface area contributed by atoms with Crippen molar-refractivity contribution in [3.63, 3.8) is 0 Å². The molecule has 0 saturated heterocycles. The molecule has 0 aliphatic carbocycles. The van der Waals surface area contributed by atoms with E-state index in [1.165, 1.54) is 18.2 Å². The molecular formula is C14H10BrF3O. The third-order valence-electron chi connectivity index (χ3n) is 2.82. The molecule has 0 aromatic heterocycles. The van der Waals surface area contributed by atoms with Crippen LogP contribution in [0.15, 0.2) is 40.9 Å². The van der Waals surface area contributed by atoms with Crippen molar-refractivity contribution in [2.24, 2.45) is 0 Å². The van der Waals surface area contributed by atoms with E-state index < -0.39 is 23.4 Å². The molecule has 0 heterocycles. The van der Waals surface area contributed by atoms with Gasteiger partial charge in [0.2, 0.25) is 0 Å². The summed E-state index contributed by atoms with van der Waals surface area (Å²) in [5.41, 5.74) is 0.874. The summed E-state index contributed by atoms with van der Waals surface area (Å²) in [6.07, 6.45) is 0. The Bertz CT molecular complexity index is 581. The van der Waals surface area contributed by atoms with Crippen LogP contribution in [0.1, 0.15) is 17.0 Å². The molecule has 0 spiro atoms. The lowest BCUT2D eigenvalue weighted by molar-refractivity contribution is 0.280. The summed E-state index contributed by atoms with van der Waals surface area (Å²) in [5, 5.41) is 9.42. The van der Waals surface area contributed by atoms with Crippen molar-refractivity contribution in [2.45, 2.75) is 5.92 Å². The Morgan fingerprint density at radius 2 is 1.58 bits per heavy atom. The van der Waals surface area contributed by atoms with E-state index in [-0.39, 0.29) is 11.1 Å². The highest BCUT2D eigenvalue weighted by atomic mass is 79.9. The SMILES string of the molecule is OCC(c1cc(F)cc(F)c1)c1ccc(F)c(Br)c1. The molecule has 0 radical (unpaired) electrons. The fourth-order valence-corrected chi connectivity index (χ4v) is 2.31. The van der Waals surface area contributed by atoms with Crippen LogP contribution in [0.5, 0.6) is 0 Å². The van der Waals surface area contributed by atoms with Crippen LogP contribution in [0.3, 0.4) is 0 Å². The van der Waals surface area contributed by atoms with Gasteiger partial charge in [-0.3, -0.25) is 0 Å². The Balaban J connectivity index is 2.46. The van der Waals surface area contributed by atoms with Crippen molar-refractivity contribution in [1.29, 1.82) is 0 Å². The molecule has 100 valence electrons. The molecule has 0 bridgehead atoms. The van der Waals surface area contributed by atoms with Crippen molar-refractivity contribution in [3.05, 3.63) is 69.4 Å². The molecular weight excluding hydrogens is 321 g/mol. The van der Waals surface area contributed by atoms with Gasteiger partial charge in [0, 0.05) is 12.0 Å². The van der Waals surface area contributed by atoms with E-state index in [0.717, 1.165) is 18.2 Å². The number of hydrogen-bond acceptors (Lipinski definition) is 1. The second kappa shape index (κ2) is 5.75. The van der Waals surface area contributed by atoms with Crippen molar-refractivity contribution < 1.29 is 18.3 Å². The summed E-state index contributed by atoms with van der Waals surface area (Å²) in [6, 6.07) is 7.27. The predicted octanol–water partition coefficient (Wildman–Crippen LogP) is 3.99. The van der Waals surface area contributed by atoms with Gasteiger partial charge in [-0.2, -0.15) is 0 Å². The molecule has 1 atom stereocenters. The normalized spacial score (nSPS) is 12.5. The monoisotopic (exact) mass is 330 g/mol. The average Bonchev–Trinajstić information content (AvgIpc) is 2.33. The quantitative estimate of drug-likeness (QED) is 0.902. The highest BCUT2D eigenvalue weighted by molar-refractivity contribution is 9.10. The smallest absolute Gasteiger partial charge is 0.137 e. The lowest BCUT2D eigenvalue weighted by Crippen LogP contribution is -2.07. The summed E-state index contributed by atoms with van der Waals surface area (Å²) in [4.78, 5) is 0. The van der Waals surface area contributed by atoms with E-state index in [0.29, 0.717) is 11.1 Å². The van der Waals surface area contributed by atoms with Gasteiger partial charge in [-0.1, -0.05) is 6.07 Å². The highest BCUT2D eigenvalue weighted by Crippen LogP contribution is 2.28. The van der Waals surface area contributed by atoms with Crippen LogP contribution in [0.2, 0.25) is 0 Å². The lowest BCUT2D eigenvalue weighted by atomic mass is 9.92. The van der Waals surface area contributed by atoms with Crippen molar-refractivity contribution in [2.75, 3.05) is 6.61 Å². The van der Waals surface area contributed by atoms with E-state index in [4.69, 9.17) is 0 Å². The Morgan fingerprint density at radius 1 is 0.947 bits per heavy atom. The molecule has 1 N–H and O–H groups in total. The number of aliphatic hydroxyl groups is 1. The van der Waals surface area contributed by atoms with Gasteiger partial charge in [0.1, 0.15) is 17.5 Å². The van der Waals surface area contributed by atoms with Gasteiger partial charge >= 0.3 is 0 Å². The van der Waals surface area contributed by atoms with Gasteiger partial charge in [0.15, 0.2) is 0 Å². The number of benzene rings is 2. The zero-order valence-corrected chi connectivity index (χ0v) is 11.3. The van der Waals surface area contributed by atoms with Gasteiger partial charge in [-0.25, -0.2) is 13.2 Å².